The first-order valence-electron chi connectivity index (χ1n) is 6.07. The fourth-order valence-electron chi connectivity index (χ4n) is 1.55. The zero-order valence-electron chi connectivity index (χ0n) is 10.4. The maximum Gasteiger partial charge on any atom is 0.102 e. The molecular weight excluding hydrogens is 242 g/mol. The van der Waals surface area contributed by atoms with E-state index in [4.69, 9.17) is 5.73 Å². The van der Waals surface area contributed by atoms with Gasteiger partial charge in [0.1, 0.15) is 10.1 Å². The third kappa shape index (κ3) is 3.82. The second-order valence-electron chi connectivity index (χ2n) is 4.15. The Labute approximate surface area is 112 Å². The van der Waals surface area contributed by atoms with Crippen LogP contribution in [0.3, 0.4) is 0 Å². The van der Waals surface area contributed by atoms with E-state index in [2.05, 4.69) is 23.0 Å². The summed E-state index contributed by atoms with van der Waals surface area (Å²) in [5.41, 5.74) is 7.11. The van der Waals surface area contributed by atoms with Crippen molar-refractivity contribution in [3.8, 4) is 0 Å². The molecule has 1 atom stereocenters. The van der Waals surface area contributed by atoms with Gasteiger partial charge in [0.25, 0.3) is 0 Å². The lowest BCUT2D eigenvalue weighted by atomic mass is 10.1. The molecule has 94 valence electrons. The van der Waals surface area contributed by atoms with Crippen molar-refractivity contribution in [2.75, 3.05) is 0 Å². The van der Waals surface area contributed by atoms with E-state index in [1.54, 1.807) is 18.0 Å². The lowest BCUT2D eigenvalue weighted by Gasteiger charge is -2.08. The molecule has 0 aliphatic carbocycles. The van der Waals surface area contributed by atoms with Gasteiger partial charge in [-0.2, -0.15) is 0 Å². The summed E-state index contributed by atoms with van der Waals surface area (Å²) in [7, 11) is 0. The highest BCUT2D eigenvalue weighted by Crippen LogP contribution is 2.23. The average Bonchev–Trinajstić information content (AvgIpc) is 2.42. The fourth-order valence-corrected chi connectivity index (χ4v) is 2.27. The van der Waals surface area contributed by atoms with Gasteiger partial charge in [0.05, 0.1) is 0 Å². The van der Waals surface area contributed by atoms with Crippen molar-refractivity contribution in [1.29, 1.82) is 0 Å². The van der Waals surface area contributed by atoms with Crippen molar-refractivity contribution in [3.63, 3.8) is 0 Å². The van der Waals surface area contributed by atoms with E-state index >= 15 is 0 Å². The molecule has 3 nitrogen and oxygen atoms in total. The monoisotopic (exact) mass is 259 g/mol. The first-order chi connectivity index (χ1) is 8.78. The molecule has 2 rings (SSSR count). The molecule has 0 aromatic carbocycles. The van der Waals surface area contributed by atoms with Crippen LogP contribution in [0.15, 0.2) is 52.8 Å². The zero-order valence-corrected chi connectivity index (χ0v) is 11.2. The molecule has 0 aliphatic rings. The molecule has 0 radical (unpaired) electrons. The normalized spacial score (nSPS) is 12.3. The van der Waals surface area contributed by atoms with Crippen molar-refractivity contribution in [2.45, 2.75) is 35.9 Å². The van der Waals surface area contributed by atoms with Crippen molar-refractivity contribution in [3.05, 3.63) is 48.3 Å². The highest BCUT2D eigenvalue weighted by atomic mass is 32.2. The Morgan fingerprint density at radius 3 is 2.61 bits per heavy atom. The van der Waals surface area contributed by atoms with Gasteiger partial charge in [-0.1, -0.05) is 30.8 Å². The largest absolute Gasteiger partial charge is 0.327 e. The molecule has 4 heteroatoms. The summed E-state index contributed by atoms with van der Waals surface area (Å²) in [6.07, 6.45) is 5.57. The van der Waals surface area contributed by atoms with Crippen molar-refractivity contribution in [1.82, 2.24) is 9.97 Å². The summed E-state index contributed by atoms with van der Waals surface area (Å²) in [5.74, 6) is 0. The van der Waals surface area contributed by atoms with Gasteiger partial charge in [-0.25, -0.2) is 9.97 Å². The van der Waals surface area contributed by atoms with Gasteiger partial charge in [-0.05, 0) is 36.6 Å². The number of rotatable bonds is 5. The Balaban J connectivity index is 2.00. The molecule has 2 aromatic heterocycles. The summed E-state index contributed by atoms with van der Waals surface area (Å²) in [6.45, 7) is 2.10. The van der Waals surface area contributed by atoms with E-state index in [0.717, 1.165) is 22.9 Å². The van der Waals surface area contributed by atoms with Gasteiger partial charge in [0.15, 0.2) is 0 Å². The van der Waals surface area contributed by atoms with Crippen LogP contribution in [0, 0.1) is 0 Å². The number of aromatic nitrogens is 2. The van der Waals surface area contributed by atoms with Crippen LogP contribution in [-0.2, 0) is 6.42 Å². The maximum absolute atomic E-state index is 5.92. The molecule has 0 saturated heterocycles. The highest BCUT2D eigenvalue weighted by molar-refractivity contribution is 7.99. The van der Waals surface area contributed by atoms with Crippen LogP contribution < -0.4 is 5.73 Å². The van der Waals surface area contributed by atoms with Crippen LogP contribution in [0.25, 0.3) is 0 Å². The molecule has 0 spiro atoms. The summed E-state index contributed by atoms with van der Waals surface area (Å²) in [5, 5.41) is 1.92. The van der Waals surface area contributed by atoms with E-state index in [0.29, 0.717) is 0 Å². The van der Waals surface area contributed by atoms with Gasteiger partial charge in [-0.15, -0.1) is 0 Å². The summed E-state index contributed by atoms with van der Waals surface area (Å²) in [6, 6.07) is 10.2. The van der Waals surface area contributed by atoms with Crippen LogP contribution in [0.4, 0.5) is 0 Å². The van der Waals surface area contributed by atoms with Gasteiger partial charge in [-0.3, -0.25) is 0 Å². The molecule has 1 unspecified atom stereocenters. The minimum atomic E-state index is 0.223. The number of hydrogen-bond acceptors (Lipinski definition) is 4. The van der Waals surface area contributed by atoms with Gasteiger partial charge >= 0.3 is 0 Å². The van der Waals surface area contributed by atoms with Crippen LogP contribution in [0.5, 0.6) is 0 Å². The van der Waals surface area contributed by atoms with Crippen LogP contribution in [0.2, 0.25) is 0 Å². The third-order valence-corrected chi connectivity index (χ3v) is 3.57. The average molecular weight is 259 g/mol. The van der Waals surface area contributed by atoms with Gasteiger partial charge < -0.3 is 5.73 Å². The Morgan fingerprint density at radius 2 is 2.00 bits per heavy atom. The van der Waals surface area contributed by atoms with Crippen molar-refractivity contribution >= 4 is 11.8 Å². The molecule has 0 aliphatic heterocycles. The number of pyridine rings is 2. The predicted molar refractivity (Wildman–Crippen MR) is 74.6 cm³/mol. The molecule has 2 heterocycles. The molecule has 0 fully saturated rings. The zero-order chi connectivity index (χ0) is 12.8. The summed E-state index contributed by atoms with van der Waals surface area (Å²) >= 11 is 1.57. The molecule has 2 aromatic rings. The minimum absolute atomic E-state index is 0.223. The second-order valence-corrected chi connectivity index (χ2v) is 5.19. The first-order valence-corrected chi connectivity index (χ1v) is 6.89. The Hall–Kier alpha value is -1.39. The maximum atomic E-state index is 5.92. The lowest BCUT2D eigenvalue weighted by molar-refractivity contribution is 0.644. The third-order valence-electron chi connectivity index (χ3n) is 2.67. The van der Waals surface area contributed by atoms with E-state index in [9.17, 15) is 0 Å². The molecule has 0 bridgehead atoms. The standard InChI is InChI=1S/C14H17N3S/c1-2-12(15)9-11-6-7-14(17-10-11)18-13-5-3-4-8-16-13/h3-8,10,12H,2,9,15H2,1H3. The Bertz CT molecular complexity index is 470. The SMILES string of the molecule is CCC(N)Cc1ccc(Sc2ccccn2)nc1. The Morgan fingerprint density at radius 1 is 1.17 bits per heavy atom. The van der Waals surface area contributed by atoms with E-state index < -0.39 is 0 Å². The summed E-state index contributed by atoms with van der Waals surface area (Å²) in [4.78, 5) is 8.69. The fraction of sp³-hybridized carbons (Fsp3) is 0.286. The molecular formula is C14H17N3S. The van der Waals surface area contributed by atoms with Crippen molar-refractivity contribution < 1.29 is 0 Å². The number of hydrogen-bond donors (Lipinski definition) is 1. The number of nitrogens with zero attached hydrogens (tertiary/aromatic N) is 2. The molecule has 2 N–H and O–H groups in total. The Kier molecular flexibility index (Phi) is 4.73. The van der Waals surface area contributed by atoms with E-state index in [1.807, 2.05) is 30.5 Å². The first kappa shape index (κ1) is 13.1. The lowest BCUT2D eigenvalue weighted by Crippen LogP contribution is -2.21. The molecule has 0 amide bonds. The van der Waals surface area contributed by atoms with E-state index in [-0.39, 0.29) is 6.04 Å². The molecule has 0 saturated carbocycles. The smallest absolute Gasteiger partial charge is 0.102 e. The van der Waals surface area contributed by atoms with E-state index in [1.165, 1.54) is 5.56 Å². The van der Waals surface area contributed by atoms with Crippen LogP contribution in [-0.4, -0.2) is 16.0 Å². The minimum Gasteiger partial charge on any atom is -0.327 e. The highest BCUT2D eigenvalue weighted by Gasteiger charge is 2.03. The predicted octanol–water partition coefficient (Wildman–Crippen LogP) is 2.91. The van der Waals surface area contributed by atoms with Gasteiger partial charge in [0, 0.05) is 18.4 Å². The topological polar surface area (TPSA) is 51.8 Å². The number of nitrogens with two attached hydrogens (primary N) is 1. The van der Waals surface area contributed by atoms with Gasteiger partial charge in [0.2, 0.25) is 0 Å². The quantitative estimate of drug-likeness (QED) is 0.897. The van der Waals surface area contributed by atoms with Crippen LogP contribution in [0.1, 0.15) is 18.9 Å². The van der Waals surface area contributed by atoms with Crippen molar-refractivity contribution in [2.24, 2.45) is 5.73 Å². The van der Waals surface area contributed by atoms with Crippen LogP contribution >= 0.6 is 11.8 Å². The summed E-state index contributed by atoms with van der Waals surface area (Å²) < 4.78 is 0. The second kappa shape index (κ2) is 6.52. The molecule has 18 heavy (non-hydrogen) atoms.